The molecule has 1 aromatic heterocycles. The second kappa shape index (κ2) is 5.35. The first-order chi connectivity index (χ1) is 8.56. The molecule has 0 aliphatic heterocycles. The summed E-state index contributed by atoms with van der Waals surface area (Å²) in [5, 5.41) is 12.2. The molecular weight excluding hydrogens is 232 g/mol. The van der Waals surface area contributed by atoms with Gasteiger partial charge < -0.3 is 15.2 Å². The van der Waals surface area contributed by atoms with E-state index in [4.69, 9.17) is 9.84 Å². The zero-order valence-corrected chi connectivity index (χ0v) is 10.6. The third-order valence-electron chi connectivity index (χ3n) is 2.86. The highest BCUT2D eigenvalue weighted by Crippen LogP contribution is 2.22. The number of aryl methyl sites for hydroxylation is 1. The van der Waals surface area contributed by atoms with Gasteiger partial charge in [0, 0.05) is 18.3 Å². The van der Waals surface area contributed by atoms with Crippen LogP contribution >= 0.6 is 0 Å². The average Bonchev–Trinajstić information content (AvgIpc) is 3.13. The fourth-order valence-electron chi connectivity index (χ4n) is 1.60. The zero-order chi connectivity index (χ0) is 13.1. The van der Waals surface area contributed by atoms with Crippen LogP contribution in [0.2, 0.25) is 0 Å². The molecule has 2 N–H and O–H groups in total. The number of hydrogen-bond acceptors (Lipinski definition) is 4. The smallest absolute Gasteiger partial charge is 0.344 e. The molecule has 98 valence electrons. The summed E-state index contributed by atoms with van der Waals surface area (Å²) < 4.78 is 5.41. The number of aromatic nitrogens is 1. The van der Waals surface area contributed by atoms with E-state index in [0.717, 1.165) is 11.4 Å². The van der Waals surface area contributed by atoms with Gasteiger partial charge in [0.1, 0.15) is 5.75 Å². The van der Waals surface area contributed by atoms with Crippen molar-refractivity contribution in [3.63, 3.8) is 0 Å². The van der Waals surface area contributed by atoms with Crippen molar-refractivity contribution in [3.8, 4) is 5.75 Å². The maximum absolute atomic E-state index is 10.8. The summed E-state index contributed by atoms with van der Waals surface area (Å²) in [5.74, 6) is -0.430. The number of pyridine rings is 1. The van der Waals surface area contributed by atoms with Gasteiger partial charge in [0.2, 0.25) is 0 Å². The van der Waals surface area contributed by atoms with Crippen LogP contribution in [0.4, 0.5) is 0 Å². The van der Waals surface area contributed by atoms with E-state index in [1.807, 2.05) is 13.0 Å². The molecular formula is C13H18N2O3. The van der Waals surface area contributed by atoms with Gasteiger partial charge in [-0.3, -0.25) is 4.98 Å². The van der Waals surface area contributed by atoms with E-state index in [-0.39, 0.29) is 0 Å². The lowest BCUT2D eigenvalue weighted by atomic mass is 10.2. The number of hydrogen-bond donors (Lipinski definition) is 2. The Hall–Kier alpha value is -1.62. The molecule has 0 radical (unpaired) electrons. The summed E-state index contributed by atoms with van der Waals surface area (Å²) in [4.78, 5) is 15.2. The largest absolute Gasteiger partial charge is 0.479 e. The van der Waals surface area contributed by atoms with Crippen molar-refractivity contribution in [2.75, 3.05) is 0 Å². The van der Waals surface area contributed by atoms with Gasteiger partial charge in [-0.25, -0.2) is 4.79 Å². The molecule has 0 bridgehead atoms. The Morgan fingerprint density at radius 3 is 2.94 bits per heavy atom. The molecule has 1 fully saturated rings. The second-order valence-electron chi connectivity index (χ2n) is 4.65. The van der Waals surface area contributed by atoms with E-state index in [1.165, 1.54) is 19.8 Å². The number of carboxylic acids is 1. The lowest BCUT2D eigenvalue weighted by molar-refractivity contribution is -0.144. The van der Waals surface area contributed by atoms with Crippen LogP contribution in [-0.4, -0.2) is 28.2 Å². The lowest BCUT2D eigenvalue weighted by Crippen LogP contribution is -2.25. The normalized spacial score (nSPS) is 16.3. The average molecular weight is 250 g/mol. The van der Waals surface area contributed by atoms with Crippen LogP contribution in [0.5, 0.6) is 5.75 Å². The molecule has 2 rings (SSSR count). The van der Waals surface area contributed by atoms with Crippen molar-refractivity contribution in [3.05, 3.63) is 23.5 Å². The number of nitrogens with zero attached hydrogens (tertiary/aromatic N) is 1. The molecule has 18 heavy (non-hydrogen) atoms. The van der Waals surface area contributed by atoms with Crippen molar-refractivity contribution in [2.45, 2.75) is 45.4 Å². The van der Waals surface area contributed by atoms with Gasteiger partial charge in [0.15, 0.2) is 6.10 Å². The maximum atomic E-state index is 10.8. The van der Waals surface area contributed by atoms with Gasteiger partial charge in [0.25, 0.3) is 0 Å². The van der Waals surface area contributed by atoms with Crippen molar-refractivity contribution < 1.29 is 14.6 Å². The summed E-state index contributed by atoms with van der Waals surface area (Å²) in [6.45, 7) is 4.04. The van der Waals surface area contributed by atoms with Crippen LogP contribution in [0, 0.1) is 6.92 Å². The SMILES string of the molecule is Cc1ccc(OC(C)C(=O)O)c(CNC2CC2)n1. The van der Waals surface area contributed by atoms with Gasteiger partial charge in [-0.2, -0.15) is 0 Å². The van der Waals surface area contributed by atoms with E-state index in [0.29, 0.717) is 18.3 Å². The molecule has 1 aliphatic carbocycles. The van der Waals surface area contributed by atoms with Crippen LogP contribution in [0.15, 0.2) is 12.1 Å². The maximum Gasteiger partial charge on any atom is 0.344 e. The molecule has 5 heteroatoms. The summed E-state index contributed by atoms with van der Waals surface area (Å²) in [6, 6.07) is 4.19. The van der Waals surface area contributed by atoms with Crippen LogP contribution in [0.3, 0.4) is 0 Å². The van der Waals surface area contributed by atoms with Crippen LogP contribution < -0.4 is 10.1 Å². The Morgan fingerprint density at radius 2 is 2.33 bits per heavy atom. The second-order valence-corrected chi connectivity index (χ2v) is 4.65. The lowest BCUT2D eigenvalue weighted by Gasteiger charge is -2.14. The van der Waals surface area contributed by atoms with Gasteiger partial charge in [-0.15, -0.1) is 0 Å². The number of ether oxygens (including phenoxy) is 1. The van der Waals surface area contributed by atoms with Gasteiger partial charge in [-0.05, 0) is 38.8 Å². The third-order valence-corrected chi connectivity index (χ3v) is 2.86. The first-order valence-electron chi connectivity index (χ1n) is 6.15. The topological polar surface area (TPSA) is 71.5 Å². The number of nitrogens with one attached hydrogen (secondary N) is 1. The highest BCUT2D eigenvalue weighted by atomic mass is 16.5. The predicted octanol–water partition coefficient (Wildman–Crippen LogP) is 1.49. The first-order valence-corrected chi connectivity index (χ1v) is 6.15. The minimum absolute atomic E-state index is 0.545. The van der Waals surface area contributed by atoms with E-state index in [2.05, 4.69) is 10.3 Å². The molecule has 1 atom stereocenters. The molecule has 0 amide bonds. The van der Waals surface area contributed by atoms with Crippen LogP contribution in [-0.2, 0) is 11.3 Å². The van der Waals surface area contributed by atoms with E-state index < -0.39 is 12.1 Å². The fourth-order valence-corrected chi connectivity index (χ4v) is 1.60. The molecule has 1 heterocycles. The quantitative estimate of drug-likeness (QED) is 0.800. The Bertz CT molecular complexity index is 444. The molecule has 0 saturated heterocycles. The highest BCUT2D eigenvalue weighted by molar-refractivity contribution is 5.72. The molecule has 5 nitrogen and oxygen atoms in total. The number of aliphatic carboxylic acids is 1. The van der Waals surface area contributed by atoms with Gasteiger partial charge in [0.05, 0.1) is 5.69 Å². The summed E-state index contributed by atoms with van der Waals surface area (Å²) in [6.07, 6.45) is 1.54. The monoisotopic (exact) mass is 250 g/mol. The minimum atomic E-state index is -0.975. The van der Waals surface area contributed by atoms with Crippen molar-refractivity contribution in [1.82, 2.24) is 10.3 Å². The Morgan fingerprint density at radius 1 is 1.61 bits per heavy atom. The fraction of sp³-hybridized carbons (Fsp3) is 0.538. The number of rotatable bonds is 6. The zero-order valence-electron chi connectivity index (χ0n) is 10.6. The summed E-state index contributed by atoms with van der Waals surface area (Å²) in [5.41, 5.74) is 1.67. The molecule has 1 saturated carbocycles. The molecule has 1 aliphatic rings. The Balaban J connectivity index is 2.08. The summed E-state index contributed by atoms with van der Waals surface area (Å²) in [7, 11) is 0. The third kappa shape index (κ3) is 3.43. The molecule has 1 aromatic rings. The van der Waals surface area contributed by atoms with Crippen LogP contribution in [0.25, 0.3) is 0 Å². The van der Waals surface area contributed by atoms with E-state index in [9.17, 15) is 4.79 Å². The first kappa shape index (κ1) is 12.8. The Kier molecular flexibility index (Phi) is 3.81. The van der Waals surface area contributed by atoms with E-state index >= 15 is 0 Å². The standard InChI is InChI=1S/C13H18N2O3/c1-8-3-6-12(18-9(2)13(16)17)11(15-8)7-14-10-4-5-10/h3,6,9-10,14H,4-5,7H2,1-2H3,(H,16,17). The predicted molar refractivity (Wildman–Crippen MR) is 66.6 cm³/mol. The Labute approximate surface area is 106 Å². The van der Waals surface area contributed by atoms with E-state index in [1.54, 1.807) is 6.07 Å². The van der Waals surface area contributed by atoms with Crippen molar-refractivity contribution >= 4 is 5.97 Å². The van der Waals surface area contributed by atoms with Gasteiger partial charge >= 0.3 is 5.97 Å². The number of carboxylic acid groups (broad SMARTS) is 1. The van der Waals surface area contributed by atoms with Gasteiger partial charge in [-0.1, -0.05) is 0 Å². The molecule has 1 unspecified atom stereocenters. The number of carbonyl (C=O) groups is 1. The minimum Gasteiger partial charge on any atom is -0.479 e. The van der Waals surface area contributed by atoms with Crippen molar-refractivity contribution in [2.24, 2.45) is 0 Å². The molecule has 0 spiro atoms. The van der Waals surface area contributed by atoms with Crippen LogP contribution in [0.1, 0.15) is 31.2 Å². The molecule has 0 aromatic carbocycles. The summed E-state index contributed by atoms with van der Waals surface area (Å²) >= 11 is 0. The highest BCUT2D eigenvalue weighted by Gasteiger charge is 2.22. The van der Waals surface area contributed by atoms with Crippen molar-refractivity contribution in [1.29, 1.82) is 0 Å².